The molecule has 0 aromatic heterocycles. The number of nitrogens with zero attached hydrogens (tertiary/aromatic N) is 1. The van der Waals surface area contributed by atoms with E-state index in [4.69, 9.17) is 5.73 Å². The second kappa shape index (κ2) is 10.9. The molecule has 31 heavy (non-hydrogen) atoms. The smallest absolute Gasteiger partial charge is 0.326 e. The summed E-state index contributed by atoms with van der Waals surface area (Å²) in [5.41, 5.74) is 6.65. The molecule has 1 aliphatic heterocycles. The highest BCUT2D eigenvalue weighted by Crippen LogP contribution is 2.19. The van der Waals surface area contributed by atoms with E-state index in [0.29, 0.717) is 19.4 Å². The van der Waals surface area contributed by atoms with Gasteiger partial charge in [0.15, 0.2) is 0 Å². The fraction of sp³-hybridized carbons (Fsp3) is 0.545. The number of likely N-dealkylation sites (tertiary alicyclic amines) is 1. The largest absolute Gasteiger partial charge is 0.480 e. The fourth-order valence-electron chi connectivity index (χ4n) is 3.51. The van der Waals surface area contributed by atoms with Crippen LogP contribution in [0.15, 0.2) is 30.3 Å². The first-order valence-corrected chi connectivity index (χ1v) is 10.5. The van der Waals surface area contributed by atoms with Crippen LogP contribution in [0.2, 0.25) is 0 Å². The van der Waals surface area contributed by atoms with Crippen molar-refractivity contribution in [2.75, 3.05) is 6.54 Å². The number of nitrogens with one attached hydrogen (secondary N) is 2. The summed E-state index contributed by atoms with van der Waals surface area (Å²) in [7, 11) is 0. The molecule has 1 fully saturated rings. The Hall–Kier alpha value is -2.94. The van der Waals surface area contributed by atoms with Crippen molar-refractivity contribution >= 4 is 23.7 Å². The van der Waals surface area contributed by atoms with Crippen LogP contribution >= 0.6 is 0 Å². The van der Waals surface area contributed by atoms with Crippen molar-refractivity contribution in [2.24, 2.45) is 11.7 Å². The third-order valence-electron chi connectivity index (χ3n) is 5.49. The van der Waals surface area contributed by atoms with E-state index in [0.717, 1.165) is 5.56 Å². The van der Waals surface area contributed by atoms with Crippen molar-refractivity contribution in [3.8, 4) is 0 Å². The Labute approximate surface area is 182 Å². The van der Waals surface area contributed by atoms with Crippen molar-refractivity contribution in [3.05, 3.63) is 35.9 Å². The highest BCUT2D eigenvalue weighted by molar-refractivity contribution is 5.94. The Balaban J connectivity index is 2.14. The van der Waals surface area contributed by atoms with Crippen LogP contribution in [0.1, 0.15) is 39.2 Å². The zero-order chi connectivity index (χ0) is 23.1. The Morgan fingerprint density at radius 2 is 1.74 bits per heavy atom. The van der Waals surface area contributed by atoms with Gasteiger partial charge in [0.25, 0.3) is 0 Å². The van der Waals surface area contributed by atoms with Crippen LogP contribution in [0.3, 0.4) is 0 Å². The number of carbonyl (C=O) groups is 4. The van der Waals surface area contributed by atoms with Gasteiger partial charge in [0.1, 0.15) is 18.1 Å². The number of rotatable bonds is 9. The molecule has 1 saturated heterocycles. The molecule has 0 bridgehead atoms. The summed E-state index contributed by atoms with van der Waals surface area (Å²) in [6.07, 6.45) is 1.18. The Kier molecular flexibility index (Phi) is 8.56. The van der Waals surface area contributed by atoms with Crippen LogP contribution in [0.25, 0.3) is 0 Å². The van der Waals surface area contributed by atoms with Gasteiger partial charge in [0, 0.05) is 13.0 Å². The van der Waals surface area contributed by atoms with Gasteiger partial charge in [-0.15, -0.1) is 0 Å². The molecule has 1 aromatic carbocycles. The summed E-state index contributed by atoms with van der Waals surface area (Å²) in [5, 5.41) is 14.7. The molecule has 170 valence electrons. The number of aliphatic carboxylic acids is 1. The molecule has 4 atom stereocenters. The SMILES string of the molecule is CC(C)[C@H](N)C(=O)N[C@@H](C)C(=O)N[C@@H](Cc1ccccc1)C(=O)N1CCC[C@@H]1C(=O)O. The normalized spacial score (nSPS) is 18.9. The predicted molar refractivity (Wildman–Crippen MR) is 115 cm³/mol. The minimum absolute atomic E-state index is 0.0919. The summed E-state index contributed by atoms with van der Waals surface area (Å²) >= 11 is 0. The number of hydrogen-bond acceptors (Lipinski definition) is 5. The Bertz CT molecular complexity index is 798. The first-order chi connectivity index (χ1) is 14.6. The van der Waals surface area contributed by atoms with Crippen LogP contribution in [-0.2, 0) is 25.6 Å². The first-order valence-electron chi connectivity index (χ1n) is 10.5. The van der Waals surface area contributed by atoms with Crippen LogP contribution < -0.4 is 16.4 Å². The quantitative estimate of drug-likeness (QED) is 0.441. The maximum absolute atomic E-state index is 13.2. The predicted octanol–water partition coefficient (Wildman–Crippen LogP) is 0.278. The molecule has 3 amide bonds. The molecule has 0 saturated carbocycles. The van der Waals surface area contributed by atoms with Gasteiger partial charge in [-0.3, -0.25) is 14.4 Å². The maximum Gasteiger partial charge on any atom is 0.326 e. The standard InChI is InChI=1S/C22H32N4O5/c1-13(2)18(23)20(28)24-14(3)19(27)25-16(12-15-8-5-4-6-9-15)21(29)26-11-7-10-17(26)22(30)31/h4-6,8-9,13-14,16-18H,7,10-12,23H2,1-3H3,(H,24,28)(H,25,27)(H,30,31)/t14-,16-,17+,18-/m0/s1. The summed E-state index contributed by atoms with van der Waals surface area (Å²) in [5.74, 6) is -2.58. The van der Waals surface area contributed by atoms with Crippen LogP contribution in [0, 0.1) is 5.92 Å². The van der Waals surface area contributed by atoms with Crippen LogP contribution in [0.5, 0.6) is 0 Å². The van der Waals surface area contributed by atoms with E-state index >= 15 is 0 Å². The van der Waals surface area contributed by atoms with Gasteiger partial charge in [-0.1, -0.05) is 44.2 Å². The molecule has 0 unspecified atom stereocenters. The van der Waals surface area contributed by atoms with Crippen molar-refractivity contribution < 1.29 is 24.3 Å². The van der Waals surface area contributed by atoms with Crippen molar-refractivity contribution in [1.29, 1.82) is 0 Å². The summed E-state index contributed by atoms with van der Waals surface area (Å²) < 4.78 is 0. The fourth-order valence-corrected chi connectivity index (χ4v) is 3.51. The molecule has 5 N–H and O–H groups in total. The molecule has 2 rings (SSSR count). The van der Waals surface area contributed by atoms with E-state index in [9.17, 15) is 24.3 Å². The van der Waals surface area contributed by atoms with E-state index in [1.54, 1.807) is 13.8 Å². The lowest BCUT2D eigenvalue weighted by atomic mass is 10.0. The minimum atomic E-state index is -1.06. The third-order valence-corrected chi connectivity index (χ3v) is 5.49. The van der Waals surface area contributed by atoms with Crippen LogP contribution in [-0.4, -0.2) is 64.4 Å². The van der Waals surface area contributed by atoms with Gasteiger partial charge in [0.05, 0.1) is 6.04 Å². The number of benzene rings is 1. The lowest BCUT2D eigenvalue weighted by molar-refractivity contribution is -0.149. The maximum atomic E-state index is 13.2. The van der Waals surface area contributed by atoms with Crippen molar-refractivity contribution in [1.82, 2.24) is 15.5 Å². The summed E-state index contributed by atoms with van der Waals surface area (Å²) in [4.78, 5) is 51.0. The molecular weight excluding hydrogens is 400 g/mol. The number of nitrogens with two attached hydrogens (primary N) is 1. The van der Waals surface area contributed by atoms with Gasteiger partial charge >= 0.3 is 5.97 Å². The number of amides is 3. The van der Waals surface area contributed by atoms with E-state index in [1.807, 2.05) is 30.3 Å². The number of carboxylic acids is 1. The molecule has 1 aliphatic rings. The molecular formula is C22H32N4O5. The lowest BCUT2D eigenvalue weighted by Crippen LogP contribution is -2.57. The second-order valence-corrected chi connectivity index (χ2v) is 8.28. The molecule has 9 heteroatoms. The van der Waals surface area contributed by atoms with E-state index < -0.39 is 47.9 Å². The molecule has 0 spiro atoms. The van der Waals surface area contributed by atoms with Gasteiger partial charge in [0.2, 0.25) is 17.7 Å². The Morgan fingerprint density at radius 3 is 2.32 bits per heavy atom. The average Bonchev–Trinajstić information content (AvgIpc) is 3.22. The van der Waals surface area contributed by atoms with E-state index in [-0.39, 0.29) is 12.3 Å². The topological polar surface area (TPSA) is 142 Å². The summed E-state index contributed by atoms with van der Waals surface area (Å²) in [6.45, 7) is 5.45. The summed E-state index contributed by atoms with van der Waals surface area (Å²) in [6, 6.07) is 5.65. The minimum Gasteiger partial charge on any atom is -0.480 e. The molecule has 0 radical (unpaired) electrons. The highest BCUT2D eigenvalue weighted by atomic mass is 16.4. The van der Waals surface area contributed by atoms with Crippen LogP contribution in [0.4, 0.5) is 0 Å². The first kappa shape index (κ1) is 24.3. The number of carbonyl (C=O) groups excluding carboxylic acids is 3. The number of carboxylic acid groups (broad SMARTS) is 1. The van der Waals surface area contributed by atoms with Crippen molar-refractivity contribution in [3.63, 3.8) is 0 Å². The van der Waals surface area contributed by atoms with Gasteiger partial charge < -0.3 is 26.4 Å². The number of hydrogen-bond donors (Lipinski definition) is 4. The van der Waals surface area contributed by atoms with Gasteiger partial charge in [-0.25, -0.2) is 4.79 Å². The monoisotopic (exact) mass is 432 g/mol. The lowest BCUT2D eigenvalue weighted by Gasteiger charge is -2.28. The molecule has 1 aromatic rings. The molecule has 0 aliphatic carbocycles. The second-order valence-electron chi connectivity index (χ2n) is 8.28. The van der Waals surface area contributed by atoms with Gasteiger partial charge in [-0.05, 0) is 31.2 Å². The van der Waals surface area contributed by atoms with Gasteiger partial charge in [-0.2, -0.15) is 0 Å². The third kappa shape index (κ3) is 6.52. The highest BCUT2D eigenvalue weighted by Gasteiger charge is 2.38. The average molecular weight is 433 g/mol. The van der Waals surface area contributed by atoms with E-state index in [1.165, 1.54) is 11.8 Å². The van der Waals surface area contributed by atoms with Crippen molar-refractivity contribution in [2.45, 2.75) is 64.2 Å². The molecule has 1 heterocycles. The van der Waals surface area contributed by atoms with E-state index in [2.05, 4.69) is 10.6 Å². The zero-order valence-electron chi connectivity index (χ0n) is 18.2. The Morgan fingerprint density at radius 1 is 1.10 bits per heavy atom. The molecule has 9 nitrogen and oxygen atoms in total. The zero-order valence-corrected chi connectivity index (χ0v) is 18.2.